The van der Waals surface area contributed by atoms with Crippen LogP contribution in [-0.2, 0) is 12.8 Å². The van der Waals surface area contributed by atoms with E-state index in [4.69, 9.17) is 4.98 Å². The van der Waals surface area contributed by atoms with Crippen molar-refractivity contribution in [2.24, 2.45) is 0 Å². The molecular formula is C32H41N9S. The number of anilines is 6. The third-order valence-corrected chi connectivity index (χ3v) is 9.74. The molecule has 0 amide bonds. The van der Waals surface area contributed by atoms with E-state index in [1.165, 1.54) is 61.5 Å². The lowest BCUT2D eigenvalue weighted by atomic mass is 10.0. The molecule has 0 saturated carbocycles. The number of hydrogen-bond acceptors (Lipinski definition) is 10. The van der Waals surface area contributed by atoms with Gasteiger partial charge in [-0.15, -0.1) is 0 Å². The zero-order chi connectivity index (χ0) is 29.1. The number of nitrogens with zero attached hydrogens (tertiary/aromatic N) is 7. The summed E-state index contributed by atoms with van der Waals surface area (Å²) >= 11 is 1.71. The van der Waals surface area contributed by atoms with Crippen molar-refractivity contribution in [2.45, 2.75) is 38.6 Å². The molecule has 2 saturated heterocycles. The van der Waals surface area contributed by atoms with Crippen molar-refractivity contribution in [3.8, 4) is 6.07 Å². The molecule has 0 bridgehead atoms. The number of piperidine rings is 1. The number of aryl methyl sites for hydroxylation is 1. The molecule has 220 valence electrons. The monoisotopic (exact) mass is 583 g/mol. The van der Waals surface area contributed by atoms with E-state index in [0.717, 1.165) is 43.9 Å². The molecule has 0 unspecified atom stereocenters. The summed E-state index contributed by atoms with van der Waals surface area (Å²) in [6.45, 7) is 10.1. The van der Waals surface area contributed by atoms with Gasteiger partial charge < -0.3 is 24.7 Å². The Hall–Kier alpha value is -3.52. The number of benzene rings is 2. The molecule has 42 heavy (non-hydrogen) atoms. The molecule has 3 aliphatic rings. The van der Waals surface area contributed by atoms with Gasteiger partial charge in [0.15, 0.2) is 5.82 Å². The van der Waals surface area contributed by atoms with Gasteiger partial charge in [-0.2, -0.15) is 10.2 Å². The largest absolute Gasteiger partial charge is 0.371 e. The van der Waals surface area contributed by atoms with Crippen LogP contribution in [-0.4, -0.2) is 84.9 Å². The second-order valence-electron chi connectivity index (χ2n) is 11.4. The standard InChI is InChI=1S/C32H41N9S/c1-4-23-20-27(39-13-11-26(12-14-39)40-18-16-38(2)17-19-40)8-9-28(23)36-32-34-22-25(21-33)31(37-32)35-29-7-5-6-24-10-15-41(42-3)30(24)29/h5-9,20,22,26H,4,10-19H2,1-3H3,(H2,34,35,36,37). The Bertz CT molecular complexity index is 1440. The van der Waals surface area contributed by atoms with Crippen LogP contribution in [0.15, 0.2) is 42.6 Å². The highest BCUT2D eigenvalue weighted by atomic mass is 32.2. The number of fused-ring (bicyclic) bond motifs is 1. The van der Waals surface area contributed by atoms with Gasteiger partial charge in [0, 0.05) is 69.5 Å². The van der Waals surface area contributed by atoms with Crippen molar-refractivity contribution in [3.63, 3.8) is 0 Å². The maximum atomic E-state index is 9.79. The van der Waals surface area contributed by atoms with Crippen LogP contribution >= 0.6 is 11.9 Å². The van der Waals surface area contributed by atoms with Crippen molar-refractivity contribution in [1.29, 1.82) is 5.26 Å². The van der Waals surface area contributed by atoms with Gasteiger partial charge in [-0.3, -0.25) is 4.90 Å². The second kappa shape index (κ2) is 12.8. The Labute approximate surface area is 254 Å². The average Bonchev–Trinajstić information content (AvgIpc) is 3.46. The van der Waals surface area contributed by atoms with Crippen LogP contribution in [0.4, 0.5) is 34.5 Å². The Kier molecular flexibility index (Phi) is 8.70. The van der Waals surface area contributed by atoms with Gasteiger partial charge in [0.1, 0.15) is 11.6 Å². The number of rotatable bonds is 8. The summed E-state index contributed by atoms with van der Waals surface area (Å²) in [6.07, 6.45) is 8.04. The van der Waals surface area contributed by atoms with Gasteiger partial charge in [0.05, 0.1) is 17.6 Å². The van der Waals surface area contributed by atoms with Crippen LogP contribution < -0.4 is 19.8 Å². The summed E-state index contributed by atoms with van der Waals surface area (Å²) in [6, 6.07) is 15.9. The number of nitrogens with one attached hydrogen (secondary N) is 2. The van der Waals surface area contributed by atoms with Gasteiger partial charge in [0.25, 0.3) is 0 Å². The van der Waals surface area contributed by atoms with Gasteiger partial charge in [0.2, 0.25) is 5.95 Å². The molecule has 6 rings (SSSR count). The van der Waals surface area contributed by atoms with E-state index >= 15 is 0 Å². The molecule has 3 aromatic rings. The molecule has 2 fully saturated rings. The summed E-state index contributed by atoms with van der Waals surface area (Å²) < 4.78 is 2.29. The molecule has 10 heteroatoms. The summed E-state index contributed by atoms with van der Waals surface area (Å²) in [5.41, 5.74) is 7.35. The molecule has 0 radical (unpaired) electrons. The van der Waals surface area contributed by atoms with Crippen LogP contribution in [0.25, 0.3) is 0 Å². The van der Waals surface area contributed by atoms with Crippen molar-refractivity contribution in [1.82, 2.24) is 19.8 Å². The van der Waals surface area contributed by atoms with Crippen molar-refractivity contribution in [3.05, 3.63) is 59.3 Å². The van der Waals surface area contributed by atoms with Crippen molar-refractivity contribution < 1.29 is 0 Å². The van der Waals surface area contributed by atoms with E-state index in [1.54, 1.807) is 18.1 Å². The summed E-state index contributed by atoms with van der Waals surface area (Å²) in [4.78, 5) is 16.9. The van der Waals surface area contributed by atoms with Crippen LogP contribution in [0.5, 0.6) is 0 Å². The molecule has 0 spiro atoms. The van der Waals surface area contributed by atoms with E-state index in [2.05, 4.69) is 91.3 Å². The van der Waals surface area contributed by atoms with E-state index in [0.29, 0.717) is 23.4 Å². The highest BCUT2D eigenvalue weighted by Crippen LogP contribution is 2.40. The average molecular weight is 584 g/mol. The van der Waals surface area contributed by atoms with E-state index in [1.807, 2.05) is 6.07 Å². The van der Waals surface area contributed by atoms with Crippen LogP contribution in [0.2, 0.25) is 0 Å². The van der Waals surface area contributed by atoms with Crippen LogP contribution in [0, 0.1) is 11.3 Å². The summed E-state index contributed by atoms with van der Waals surface area (Å²) in [7, 11) is 2.22. The predicted octanol–water partition coefficient (Wildman–Crippen LogP) is 5.25. The summed E-state index contributed by atoms with van der Waals surface area (Å²) in [5.74, 6) is 0.982. The van der Waals surface area contributed by atoms with Crippen LogP contribution in [0.3, 0.4) is 0 Å². The molecular weight excluding hydrogens is 542 g/mol. The lowest BCUT2D eigenvalue weighted by Crippen LogP contribution is -2.52. The Morgan fingerprint density at radius 3 is 2.55 bits per heavy atom. The van der Waals surface area contributed by atoms with E-state index < -0.39 is 0 Å². The number of nitriles is 1. The fourth-order valence-corrected chi connectivity index (χ4v) is 7.11. The zero-order valence-electron chi connectivity index (χ0n) is 24.9. The van der Waals surface area contributed by atoms with Gasteiger partial charge in [-0.1, -0.05) is 31.0 Å². The number of piperazine rings is 1. The highest BCUT2D eigenvalue weighted by Gasteiger charge is 2.27. The Morgan fingerprint density at radius 2 is 1.81 bits per heavy atom. The number of likely N-dealkylation sites (N-methyl/N-ethyl adjacent to an activating group) is 1. The molecule has 2 N–H and O–H groups in total. The second-order valence-corrected chi connectivity index (χ2v) is 12.2. The SMILES string of the molecule is CCc1cc(N2CCC(N3CCN(C)CC3)CC2)ccc1Nc1ncc(C#N)c(Nc2cccc3c2N(SC)CC3)n1. The molecule has 4 heterocycles. The molecule has 3 aliphatic heterocycles. The topological polar surface area (TPSA) is 86.6 Å². The lowest BCUT2D eigenvalue weighted by Gasteiger charge is -2.42. The van der Waals surface area contributed by atoms with Gasteiger partial charge in [-0.05, 0) is 68.1 Å². The maximum absolute atomic E-state index is 9.79. The minimum absolute atomic E-state index is 0.415. The Morgan fingerprint density at radius 1 is 1.00 bits per heavy atom. The smallest absolute Gasteiger partial charge is 0.229 e. The van der Waals surface area contributed by atoms with Gasteiger partial charge in [-0.25, -0.2) is 4.98 Å². The normalized spacial score (nSPS) is 18.1. The molecule has 9 nitrogen and oxygen atoms in total. The first-order valence-corrected chi connectivity index (χ1v) is 16.3. The fourth-order valence-electron chi connectivity index (χ4n) is 6.44. The minimum Gasteiger partial charge on any atom is -0.371 e. The number of para-hydroxylation sites is 1. The van der Waals surface area contributed by atoms with Crippen molar-refractivity contribution >= 4 is 46.5 Å². The highest BCUT2D eigenvalue weighted by molar-refractivity contribution is 8.00. The minimum atomic E-state index is 0.415. The van der Waals surface area contributed by atoms with Crippen molar-refractivity contribution in [2.75, 3.05) is 79.0 Å². The first-order valence-electron chi connectivity index (χ1n) is 15.1. The summed E-state index contributed by atoms with van der Waals surface area (Å²) in [5, 5.41) is 16.7. The Balaban J connectivity index is 1.16. The third-order valence-electron chi connectivity index (χ3n) is 8.94. The maximum Gasteiger partial charge on any atom is 0.229 e. The first kappa shape index (κ1) is 28.6. The van der Waals surface area contributed by atoms with Gasteiger partial charge >= 0.3 is 0 Å². The zero-order valence-corrected chi connectivity index (χ0v) is 25.8. The number of aromatic nitrogens is 2. The molecule has 2 aromatic carbocycles. The number of hydrogen-bond donors (Lipinski definition) is 2. The quantitative estimate of drug-likeness (QED) is 0.343. The van der Waals surface area contributed by atoms with Crippen LogP contribution in [0.1, 0.15) is 36.5 Å². The molecule has 0 atom stereocenters. The van der Waals surface area contributed by atoms with E-state index in [-0.39, 0.29) is 0 Å². The third kappa shape index (κ3) is 6.00. The van der Waals surface area contributed by atoms with E-state index in [9.17, 15) is 5.26 Å². The fraction of sp³-hybridized carbons (Fsp3) is 0.469. The predicted molar refractivity (Wildman–Crippen MR) is 174 cm³/mol. The molecule has 1 aromatic heterocycles. The first-order chi connectivity index (χ1) is 20.6. The molecule has 0 aliphatic carbocycles. The lowest BCUT2D eigenvalue weighted by molar-refractivity contribution is 0.0982.